The van der Waals surface area contributed by atoms with Crippen LogP contribution in [0.2, 0.25) is 0 Å². The van der Waals surface area contributed by atoms with Crippen molar-refractivity contribution in [1.29, 1.82) is 0 Å². The lowest BCUT2D eigenvalue weighted by molar-refractivity contribution is 0.251. The molecule has 1 aromatic heterocycles. The van der Waals surface area contributed by atoms with Crippen molar-refractivity contribution < 1.29 is 8.42 Å². The summed E-state index contributed by atoms with van der Waals surface area (Å²) in [6.07, 6.45) is 3.35. The van der Waals surface area contributed by atoms with Crippen molar-refractivity contribution in [3.05, 3.63) is 11.4 Å². The van der Waals surface area contributed by atoms with Gasteiger partial charge in [-0.15, -0.1) is 11.6 Å². The van der Waals surface area contributed by atoms with E-state index in [4.69, 9.17) is 11.6 Å². The normalized spacial score (nSPS) is 25.0. The Morgan fingerprint density at radius 3 is 2.71 bits per heavy atom. The highest BCUT2D eigenvalue weighted by molar-refractivity contribution is 7.89. The Morgan fingerprint density at radius 2 is 2.05 bits per heavy atom. The second kappa shape index (κ2) is 5.87. The van der Waals surface area contributed by atoms with Crippen molar-refractivity contribution in [2.45, 2.75) is 43.0 Å². The Labute approximate surface area is 130 Å². The van der Waals surface area contributed by atoms with Crippen molar-refractivity contribution in [1.82, 2.24) is 19.4 Å². The zero-order valence-electron chi connectivity index (χ0n) is 12.2. The van der Waals surface area contributed by atoms with Gasteiger partial charge >= 0.3 is 0 Å². The molecule has 0 aliphatic carbocycles. The molecule has 0 aromatic carbocycles. The van der Waals surface area contributed by atoms with Crippen LogP contribution in [0.5, 0.6) is 0 Å². The lowest BCUT2D eigenvalue weighted by Gasteiger charge is -2.23. The minimum Gasteiger partial charge on any atom is -0.299 e. The number of halogens is 1. The van der Waals surface area contributed by atoms with Gasteiger partial charge in [-0.2, -0.15) is 9.40 Å². The molecular formula is C13H21ClN4O2S. The summed E-state index contributed by atoms with van der Waals surface area (Å²) < 4.78 is 27.3. The standard InChI is InChI=1S/C13H21ClN4O2S/c1-10-13(12(8-14)16-15-10)21(19,20)18-7-4-11(9-18)17-5-2-3-6-17/h11H,2-9H2,1H3,(H,15,16). The molecule has 0 bridgehead atoms. The fraction of sp³-hybridized carbons (Fsp3) is 0.769. The predicted molar refractivity (Wildman–Crippen MR) is 80.9 cm³/mol. The summed E-state index contributed by atoms with van der Waals surface area (Å²) >= 11 is 5.82. The zero-order chi connectivity index (χ0) is 15.0. The number of alkyl halides is 1. The molecule has 3 heterocycles. The topological polar surface area (TPSA) is 69.3 Å². The van der Waals surface area contributed by atoms with E-state index in [9.17, 15) is 8.42 Å². The molecule has 1 N–H and O–H groups in total. The predicted octanol–water partition coefficient (Wildman–Crippen LogP) is 1.32. The number of hydrogen-bond acceptors (Lipinski definition) is 4. The lowest BCUT2D eigenvalue weighted by Crippen LogP contribution is -2.37. The fourth-order valence-corrected chi connectivity index (χ4v) is 5.46. The smallest absolute Gasteiger partial charge is 0.246 e. The maximum absolute atomic E-state index is 12.8. The number of nitrogens with one attached hydrogen (secondary N) is 1. The van der Waals surface area contributed by atoms with E-state index in [1.54, 1.807) is 11.2 Å². The summed E-state index contributed by atoms with van der Waals surface area (Å²) in [5.74, 6) is 0.0995. The number of rotatable bonds is 4. The molecule has 2 aliphatic heterocycles. The third-order valence-electron chi connectivity index (χ3n) is 4.47. The van der Waals surface area contributed by atoms with Gasteiger partial charge in [-0.25, -0.2) is 8.42 Å². The van der Waals surface area contributed by atoms with Crippen molar-refractivity contribution in [3.63, 3.8) is 0 Å². The van der Waals surface area contributed by atoms with E-state index in [1.165, 1.54) is 12.8 Å². The number of aromatic nitrogens is 2. The van der Waals surface area contributed by atoms with Crippen molar-refractivity contribution in [3.8, 4) is 0 Å². The Kier molecular flexibility index (Phi) is 4.27. The molecule has 2 saturated heterocycles. The van der Waals surface area contributed by atoms with Crippen molar-refractivity contribution in [2.75, 3.05) is 26.2 Å². The van der Waals surface area contributed by atoms with Crippen LogP contribution in [0.3, 0.4) is 0 Å². The Hall–Kier alpha value is -0.630. The van der Waals surface area contributed by atoms with E-state index in [2.05, 4.69) is 15.1 Å². The minimum absolute atomic E-state index is 0.0995. The zero-order valence-corrected chi connectivity index (χ0v) is 13.8. The van der Waals surface area contributed by atoms with Crippen LogP contribution >= 0.6 is 11.6 Å². The second-order valence-corrected chi connectivity index (χ2v) is 7.95. The SMILES string of the molecule is Cc1[nH]nc(CCl)c1S(=O)(=O)N1CCC(N2CCCC2)C1. The van der Waals surface area contributed by atoms with E-state index in [1.807, 2.05) is 0 Å². The third kappa shape index (κ3) is 2.72. The largest absolute Gasteiger partial charge is 0.299 e. The highest BCUT2D eigenvalue weighted by Gasteiger charge is 2.38. The van der Waals surface area contributed by atoms with E-state index >= 15 is 0 Å². The maximum Gasteiger partial charge on any atom is 0.246 e. The van der Waals surface area contributed by atoms with E-state index < -0.39 is 10.0 Å². The quantitative estimate of drug-likeness (QED) is 0.844. The molecule has 0 radical (unpaired) electrons. The molecule has 8 heteroatoms. The fourth-order valence-electron chi connectivity index (χ4n) is 3.37. The summed E-state index contributed by atoms with van der Waals surface area (Å²) in [5.41, 5.74) is 0.981. The van der Waals surface area contributed by atoms with E-state index in [0.717, 1.165) is 19.5 Å². The Morgan fingerprint density at radius 1 is 1.33 bits per heavy atom. The first-order valence-electron chi connectivity index (χ1n) is 7.38. The number of likely N-dealkylation sites (tertiary alicyclic amines) is 1. The molecule has 1 unspecified atom stereocenters. The monoisotopic (exact) mass is 332 g/mol. The van der Waals surface area contributed by atoms with Crippen LogP contribution in [0, 0.1) is 6.92 Å². The first kappa shape index (κ1) is 15.3. The number of aromatic amines is 1. The van der Waals surface area contributed by atoms with Gasteiger partial charge in [0, 0.05) is 19.1 Å². The van der Waals surface area contributed by atoms with Gasteiger partial charge in [0.15, 0.2) is 0 Å². The molecule has 1 aromatic rings. The number of sulfonamides is 1. The van der Waals surface area contributed by atoms with E-state index in [-0.39, 0.29) is 10.8 Å². The van der Waals surface area contributed by atoms with Crippen LogP contribution < -0.4 is 0 Å². The van der Waals surface area contributed by atoms with Crippen LogP contribution in [-0.2, 0) is 15.9 Å². The average Bonchev–Trinajstić information content (AvgIpc) is 3.18. The van der Waals surface area contributed by atoms with E-state index in [0.29, 0.717) is 30.5 Å². The molecule has 21 heavy (non-hydrogen) atoms. The van der Waals surface area contributed by atoms with Gasteiger partial charge in [-0.1, -0.05) is 0 Å². The first-order chi connectivity index (χ1) is 10.0. The molecule has 118 valence electrons. The van der Waals surface area contributed by atoms with Crippen LogP contribution in [0.1, 0.15) is 30.7 Å². The number of H-pyrrole nitrogens is 1. The maximum atomic E-state index is 12.8. The van der Waals surface area contributed by atoms with Gasteiger partial charge in [0.05, 0.1) is 17.3 Å². The molecule has 0 spiro atoms. The van der Waals surface area contributed by atoms with Crippen LogP contribution in [0.15, 0.2) is 4.90 Å². The highest BCUT2D eigenvalue weighted by atomic mass is 35.5. The summed E-state index contributed by atoms with van der Waals surface area (Å²) in [7, 11) is -3.50. The van der Waals surface area contributed by atoms with Gasteiger partial charge in [0.1, 0.15) is 4.90 Å². The van der Waals surface area contributed by atoms with Crippen LogP contribution in [0.4, 0.5) is 0 Å². The van der Waals surface area contributed by atoms with Crippen molar-refractivity contribution in [2.24, 2.45) is 0 Å². The Balaban J connectivity index is 1.81. The highest BCUT2D eigenvalue weighted by Crippen LogP contribution is 2.28. The summed E-state index contributed by atoms with van der Waals surface area (Å²) in [5, 5.41) is 6.73. The van der Waals surface area contributed by atoms with Crippen LogP contribution in [0.25, 0.3) is 0 Å². The summed E-state index contributed by atoms with van der Waals surface area (Å²) in [6.45, 7) is 5.07. The number of nitrogens with zero attached hydrogens (tertiary/aromatic N) is 3. The van der Waals surface area contributed by atoms with Gasteiger partial charge in [-0.3, -0.25) is 10.00 Å². The Bertz CT molecular complexity index is 610. The molecule has 1 atom stereocenters. The third-order valence-corrected chi connectivity index (χ3v) is 6.79. The molecule has 2 fully saturated rings. The first-order valence-corrected chi connectivity index (χ1v) is 9.35. The van der Waals surface area contributed by atoms with Crippen molar-refractivity contribution >= 4 is 21.6 Å². The average molecular weight is 333 g/mol. The second-order valence-electron chi connectivity index (χ2n) is 5.81. The number of hydrogen-bond donors (Lipinski definition) is 1. The summed E-state index contributed by atoms with van der Waals surface area (Å²) in [4.78, 5) is 2.68. The van der Waals surface area contributed by atoms with Gasteiger partial charge in [0.2, 0.25) is 10.0 Å². The van der Waals surface area contributed by atoms with Gasteiger partial charge in [-0.05, 0) is 39.3 Å². The molecule has 2 aliphatic rings. The lowest BCUT2D eigenvalue weighted by atomic mass is 10.2. The van der Waals surface area contributed by atoms with Gasteiger partial charge < -0.3 is 0 Å². The molecule has 3 rings (SSSR count). The number of aryl methyl sites for hydroxylation is 1. The molecule has 0 amide bonds. The van der Waals surface area contributed by atoms with Gasteiger partial charge in [0.25, 0.3) is 0 Å². The minimum atomic E-state index is -3.50. The van der Waals surface area contributed by atoms with Crippen LogP contribution in [-0.4, -0.2) is 60.0 Å². The summed E-state index contributed by atoms with van der Waals surface area (Å²) in [6, 6.07) is 0.355. The molecule has 6 nitrogen and oxygen atoms in total. The molecular weight excluding hydrogens is 312 g/mol. The molecule has 0 saturated carbocycles.